The average Bonchev–Trinajstić information content (AvgIpc) is 2.33. The second kappa shape index (κ2) is 9.96. The summed E-state index contributed by atoms with van der Waals surface area (Å²) in [5.41, 5.74) is 0. The van der Waals surface area contributed by atoms with Crippen LogP contribution in [0.1, 0.15) is 91.4 Å². The van der Waals surface area contributed by atoms with E-state index >= 15 is 0 Å². The smallest absolute Gasteiger partial charge is 0.324 e. The van der Waals surface area contributed by atoms with Crippen LogP contribution in [0.3, 0.4) is 0 Å². The van der Waals surface area contributed by atoms with Crippen LogP contribution in [0.4, 0.5) is 0 Å². The van der Waals surface area contributed by atoms with Crippen molar-refractivity contribution in [1.82, 2.24) is 0 Å². The van der Waals surface area contributed by atoms with Crippen LogP contribution >= 0.6 is 7.60 Å². The molecule has 2 N–H and O–H groups in total. The Labute approximate surface area is 119 Å². The van der Waals surface area contributed by atoms with Crippen molar-refractivity contribution in [2.24, 2.45) is 0 Å². The lowest BCUT2D eigenvalue weighted by atomic mass is 9.95. The quantitative estimate of drug-likeness (QED) is 0.381. The van der Waals surface area contributed by atoms with E-state index in [0.29, 0.717) is 12.8 Å². The Bertz CT molecular complexity index is 262. The molecule has 1 unspecified atom stereocenters. The molecule has 0 aliphatic carbocycles. The van der Waals surface area contributed by atoms with Crippen LogP contribution in [0.2, 0.25) is 0 Å². The summed E-state index contributed by atoms with van der Waals surface area (Å²) in [5, 5.41) is -0.799. The molecular formula is C15H33O3P. The van der Waals surface area contributed by atoms with E-state index in [0.717, 1.165) is 38.5 Å². The summed E-state index contributed by atoms with van der Waals surface area (Å²) in [5.74, 6) is 0. The van der Waals surface area contributed by atoms with E-state index in [1.165, 1.54) is 19.3 Å². The Hall–Kier alpha value is 0.150. The van der Waals surface area contributed by atoms with Gasteiger partial charge in [0.2, 0.25) is 0 Å². The van der Waals surface area contributed by atoms with Crippen LogP contribution < -0.4 is 0 Å². The van der Waals surface area contributed by atoms with Gasteiger partial charge in [0.1, 0.15) is 0 Å². The van der Waals surface area contributed by atoms with Gasteiger partial charge in [-0.3, -0.25) is 4.57 Å². The minimum atomic E-state index is -3.99. The highest BCUT2D eigenvalue weighted by Gasteiger charge is 2.40. The van der Waals surface area contributed by atoms with Gasteiger partial charge in [-0.2, -0.15) is 0 Å². The molecule has 0 aliphatic rings. The maximum Gasteiger partial charge on any atom is 0.331 e. The molecule has 0 fully saturated rings. The van der Waals surface area contributed by atoms with Crippen molar-refractivity contribution in [3.63, 3.8) is 0 Å². The molecule has 116 valence electrons. The molecule has 0 heterocycles. The first-order valence-electron chi connectivity index (χ1n) is 7.93. The molecule has 0 spiro atoms. The van der Waals surface area contributed by atoms with Crippen molar-refractivity contribution in [2.75, 3.05) is 0 Å². The van der Waals surface area contributed by atoms with Gasteiger partial charge in [0.25, 0.3) is 0 Å². The van der Waals surface area contributed by atoms with Crippen LogP contribution in [0.15, 0.2) is 0 Å². The molecule has 0 saturated heterocycles. The first kappa shape index (κ1) is 19.1. The van der Waals surface area contributed by atoms with E-state index in [1.54, 1.807) is 6.92 Å². The van der Waals surface area contributed by atoms with Crippen molar-refractivity contribution in [3.8, 4) is 0 Å². The number of hydrogen-bond donors (Lipinski definition) is 2. The molecule has 0 aromatic rings. The molecule has 1 atom stereocenters. The number of unbranched alkanes of at least 4 members (excludes halogenated alkanes) is 7. The Morgan fingerprint density at radius 2 is 1.16 bits per heavy atom. The summed E-state index contributed by atoms with van der Waals surface area (Å²) in [6.07, 6.45) is 11.3. The Balaban J connectivity index is 4.17. The molecule has 0 rings (SSSR count). The van der Waals surface area contributed by atoms with Crippen LogP contribution in [0.25, 0.3) is 0 Å². The molecule has 3 nitrogen and oxygen atoms in total. The van der Waals surface area contributed by atoms with Gasteiger partial charge in [-0.05, 0) is 19.8 Å². The van der Waals surface area contributed by atoms with Crippen molar-refractivity contribution in [3.05, 3.63) is 0 Å². The largest absolute Gasteiger partial charge is 0.331 e. The highest BCUT2D eigenvalue weighted by atomic mass is 31.2. The van der Waals surface area contributed by atoms with Crippen molar-refractivity contribution >= 4 is 7.60 Å². The Kier molecular flexibility index (Phi) is 10.0. The highest BCUT2D eigenvalue weighted by molar-refractivity contribution is 7.53. The van der Waals surface area contributed by atoms with Gasteiger partial charge in [-0.1, -0.05) is 71.6 Å². The van der Waals surface area contributed by atoms with Crippen molar-refractivity contribution in [1.29, 1.82) is 0 Å². The van der Waals surface area contributed by atoms with Gasteiger partial charge in [-0.15, -0.1) is 0 Å². The van der Waals surface area contributed by atoms with Crippen molar-refractivity contribution in [2.45, 2.75) is 96.6 Å². The summed E-state index contributed by atoms with van der Waals surface area (Å²) < 4.78 is 11.7. The molecule has 0 bridgehead atoms. The minimum absolute atomic E-state index is 0.658. The Morgan fingerprint density at radius 3 is 1.53 bits per heavy atom. The van der Waals surface area contributed by atoms with Gasteiger partial charge < -0.3 is 9.79 Å². The summed E-state index contributed by atoms with van der Waals surface area (Å²) in [7, 11) is -3.99. The second-order valence-corrected chi connectivity index (χ2v) is 8.18. The van der Waals surface area contributed by atoms with E-state index in [9.17, 15) is 14.4 Å². The SMILES string of the molecule is CCCCCCCC(C)(CCCCCC)P(=O)(O)O. The second-order valence-electron chi connectivity index (χ2n) is 6.02. The van der Waals surface area contributed by atoms with Gasteiger partial charge in [0, 0.05) is 0 Å². The fraction of sp³-hybridized carbons (Fsp3) is 1.00. The average molecular weight is 292 g/mol. The van der Waals surface area contributed by atoms with Gasteiger partial charge >= 0.3 is 7.60 Å². The van der Waals surface area contributed by atoms with Crippen LogP contribution in [-0.4, -0.2) is 14.9 Å². The van der Waals surface area contributed by atoms with Gasteiger partial charge in [-0.25, -0.2) is 0 Å². The van der Waals surface area contributed by atoms with Crippen LogP contribution in [0, 0.1) is 0 Å². The maximum absolute atomic E-state index is 11.7. The third kappa shape index (κ3) is 8.12. The Morgan fingerprint density at radius 1 is 0.789 bits per heavy atom. The fourth-order valence-corrected chi connectivity index (χ4v) is 3.36. The zero-order chi connectivity index (χ0) is 14.8. The first-order valence-corrected chi connectivity index (χ1v) is 9.54. The molecule has 0 aromatic carbocycles. The third-order valence-corrected chi connectivity index (χ3v) is 5.94. The molecule has 0 aromatic heterocycles. The van der Waals surface area contributed by atoms with Crippen molar-refractivity contribution < 1.29 is 14.4 Å². The maximum atomic E-state index is 11.7. The summed E-state index contributed by atoms with van der Waals surface area (Å²) in [6, 6.07) is 0. The zero-order valence-electron chi connectivity index (χ0n) is 13.0. The fourth-order valence-electron chi connectivity index (χ4n) is 2.46. The standard InChI is InChI=1S/C15H33O3P/c1-4-6-8-10-12-14-15(3,19(16,17)18)13-11-9-7-5-2/h4-14H2,1-3H3,(H2,16,17,18). The third-order valence-electron chi connectivity index (χ3n) is 4.09. The monoisotopic (exact) mass is 292 g/mol. The topological polar surface area (TPSA) is 57.5 Å². The molecular weight excluding hydrogens is 259 g/mol. The van der Waals surface area contributed by atoms with E-state index < -0.39 is 12.8 Å². The van der Waals surface area contributed by atoms with Gasteiger partial charge in [0.05, 0.1) is 5.16 Å². The lowest BCUT2D eigenvalue weighted by Gasteiger charge is -2.30. The lowest BCUT2D eigenvalue weighted by molar-refractivity contribution is 0.306. The van der Waals surface area contributed by atoms with E-state index in [2.05, 4.69) is 13.8 Å². The molecule has 19 heavy (non-hydrogen) atoms. The molecule has 0 saturated carbocycles. The number of hydrogen-bond acceptors (Lipinski definition) is 1. The number of rotatable bonds is 12. The highest BCUT2D eigenvalue weighted by Crippen LogP contribution is 2.55. The van der Waals surface area contributed by atoms with Crippen LogP contribution in [-0.2, 0) is 4.57 Å². The molecule has 0 radical (unpaired) electrons. The molecule has 0 amide bonds. The zero-order valence-corrected chi connectivity index (χ0v) is 13.9. The predicted octanol–water partition coefficient (Wildman–Crippen LogP) is 5.25. The predicted molar refractivity (Wildman–Crippen MR) is 82.6 cm³/mol. The van der Waals surface area contributed by atoms with Gasteiger partial charge in [0.15, 0.2) is 0 Å². The summed E-state index contributed by atoms with van der Waals surface area (Å²) in [4.78, 5) is 19.2. The van der Waals surface area contributed by atoms with E-state index in [1.807, 2.05) is 0 Å². The summed E-state index contributed by atoms with van der Waals surface area (Å²) >= 11 is 0. The summed E-state index contributed by atoms with van der Waals surface area (Å²) in [6.45, 7) is 6.10. The van der Waals surface area contributed by atoms with E-state index in [4.69, 9.17) is 0 Å². The minimum Gasteiger partial charge on any atom is -0.324 e. The normalized spacial score (nSPS) is 15.4. The molecule has 0 aliphatic heterocycles. The van der Waals surface area contributed by atoms with E-state index in [-0.39, 0.29) is 0 Å². The lowest BCUT2D eigenvalue weighted by Crippen LogP contribution is -2.24. The van der Waals surface area contributed by atoms with Crippen LogP contribution in [0.5, 0.6) is 0 Å². The molecule has 4 heteroatoms. The first-order chi connectivity index (χ1) is 8.87.